The maximum atomic E-state index is 6.20. The van der Waals surface area contributed by atoms with Gasteiger partial charge in [0.1, 0.15) is 16.7 Å². The quantitative estimate of drug-likeness (QED) is 0.516. The Bertz CT molecular complexity index is 638. The van der Waals surface area contributed by atoms with Gasteiger partial charge < -0.3 is 4.74 Å². The lowest BCUT2D eigenvalue weighted by Gasteiger charge is -2.19. The Kier molecular flexibility index (Phi) is 4.54. The molecule has 1 aromatic carbocycles. The van der Waals surface area contributed by atoms with Crippen LogP contribution in [0.15, 0.2) is 24.3 Å². The van der Waals surface area contributed by atoms with Crippen LogP contribution in [-0.2, 0) is 5.41 Å². The number of para-hydroxylation sites is 1. The third-order valence-electron chi connectivity index (χ3n) is 2.76. The van der Waals surface area contributed by atoms with Crippen LogP contribution in [-0.4, -0.2) is 9.97 Å². The molecule has 5 heteroatoms. The number of ether oxygens (including phenoxy) is 1. The maximum Gasteiger partial charge on any atom is 0.227 e. The van der Waals surface area contributed by atoms with Crippen LogP contribution < -0.4 is 4.74 Å². The third kappa shape index (κ3) is 3.41. The van der Waals surface area contributed by atoms with Crippen molar-refractivity contribution < 1.29 is 4.74 Å². The number of benzene rings is 1. The predicted octanol–water partition coefficient (Wildman–Crippen LogP) is 5.13. The van der Waals surface area contributed by atoms with Crippen LogP contribution in [0, 0.1) is 10.5 Å². The van der Waals surface area contributed by atoms with Crippen molar-refractivity contribution in [1.82, 2.24) is 9.97 Å². The minimum atomic E-state index is -0.181. The summed E-state index contributed by atoms with van der Waals surface area (Å²) >= 11 is 8.43. The highest BCUT2D eigenvalue weighted by Gasteiger charge is 2.21. The van der Waals surface area contributed by atoms with Crippen LogP contribution >= 0.6 is 34.2 Å². The van der Waals surface area contributed by atoms with Crippen LogP contribution in [0.4, 0.5) is 0 Å². The van der Waals surface area contributed by atoms with Crippen molar-refractivity contribution in [2.45, 2.75) is 33.1 Å². The smallest absolute Gasteiger partial charge is 0.227 e. The fourth-order valence-corrected chi connectivity index (χ4v) is 2.19. The Hall–Kier alpha value is -0.880. The van der Waals surface area contributed by atoms with Crippen molar-refractivity contribution in [3.05, 3.63) is 44.4 Å². The molecule has 1 heterocycles. The Labute approximate surface area is 137 Å². The summed E-state index contributed by atoms with van der Waals surface area (Å²) in [7, 11) is 0. The molecule has 3 nitrogen and oxygen atoms in total. The molecule has 0 saturated heterocycles. The summed E-state index contributed by atoms with van der Waals surface area (Å²) in [4.78, 5) is 8.86. The summed E-state index contributed by atoms with van der Waals surface area (Å²) in [5, 5.41) is 0.436. The van der Waals surface area contributed by atoms with E-state index in [0.717, 1.165) is 14.9 Å². The molecule has 0 saturated carbocycles. The molecule has 0 aliphatic carbocycles. The highest BCUT2D eigenvalue weighted by molar-refractivity contribution is 14.1. The van der Waals surface area contributed by atoms with E-state index in [4.69, 9.17) is 16.3 Å². The van der Waals surface area contributed by atoms with Gasteiger partial charge in [0, 0.05) is 11.0 Å². The first-order valence-electron chi connectivity index (χ1n) is 6.26. The van der Waals surface area contributed by atoms with E-state index in [0.29, 0.717) is 16.9 Å². The van der Waals surface area contributed by atoms with Crippen molar-refractivity contribution in [2.24, 2.45) is 0 Å². The van der Waals surface area contributed by atoms with Crippen molar-refractivity contribution >= 4 is 34.2 Å². The largest absolute Gasteiger partial charge is 0.437 e. The number of halogens is 2. The van der Waals surface area contributed by atoms with Crippen LogP contribution in [0.5, 0.6) is 11.6 Å². The van der Waals surface area contributed by atoms with Crippen molar-refractivity contribution in [3.63, 3.8) is 0 Å². The SMILES string of the molecule is Cc1c(Cl)nc(C(C)(C)C)nc1Oc1ccccc1I. The Morgan fingerprint density at radius 2 is 1.80 bits per heavy atom. The summed E-state index contributed by atoms with van der Waals surface area (Å²) < 4.78 is 6.94. The van der Waals surface area contributed by atoms with Gasteiger partial charge in [0.15, 0.2) is 0 Å². The summed E-state index contributed by atoms with van der Waals surface area (Å²) in [5.74, 6) is 1.96. The number of aromatic nitrogens is 2. The van der Waals surface area contributed by atoms with Gasteiger partial charge in [-0.3, -0.25) is 0 Å². The first-order chi connectivity index (χ1) is 9.29. The molecule has 0 spiro atoms. The molecule has 2 aromatic rings. The van der Waals surface area contributed by atoms with Crippen LogP contribution in [0.2, 0.25) is 5.15 Å². The molecule has 0 fully saturated rings. The zero-order valence-corrected chi connectivity index (χ0v) is 14.8. The van der Waals surface area contributed by atoms with E-state index >= 15 is 0 Å². The van der Waals surface area contributed by atoms with Gasteiger partial charge >= 0.3 is 0 Å². The number of rotatable bonds is 2. The molecule has 0 atom stereocenters. The van der Waals surface area contributed by atoms with Crippen LogP contribution in [0.1, 0.15) is 32.2 Å². The van der Waals surface area contributed by atoms with Gasteiger partial charge in [0.05, 0.1) is 3.57 Å². The molecule has 0 unspecified atom stereocenters. The molecule has 0 bridgehead atoms. The number of hydrogen-bond acceptors (Lipinski definition) is 3. The van der Waals surface area contributed by atoms with E-state index in [1.807, 2.05) is 52.0 Å². The van der Waals surface area contributed by atoms with Gasteiger partial charge in [0.25, 0.3) is 0 Å². The first kappa shape index (κ1) is 15.5. The lowest BCUT2D eigenvalue weighted by molar-refractivity contribution is 0.439. The lowest BCUT2D eigenvalue weighted by atomic mass is 9.96. The van der Waals surface area contributed by atoms with Crippen LogP contribution in [0.25, 0.3) is 0 Å². The highest BCUT2D eigenvalue weighted by atomic mass is 127. The van der Waals surface area contributed by atoms with Gasteiger partial charge in [0.2, 0.25) is 5.88 Å². The van der Waals surface area contributed by atoms with Gasteiger partial charge in [-0.05, 0) is 41.6 Å². The zero-order chi connectivity index (χ0) is 14.9. The average molecular weight is 403 g/mol. The summed E-state index contributed by atoms with van der Waals surface area (Å²) in [6, 6.07) is 7.79. The number of nitrogens with zero attached hydrogens (tertiary/aromatic N) is 2. The van der Waals surface area contributed by atoms with E-state index < -0.39 is 0 Å². The van der Waals surface area contributed by atoms with Crippen molar-refractivity contribution in [3.8, 4) is 11.6 Å². The van der Waals surface area contributed by atoms with Crippen molar-refractivity contribution in [2.75, 3.05) is 0 Å². The predicted molar refractivity (Wildman–Crippen MR) is 89.7 cm³/mol. The summed E-state index contributed by atoms with van der Waals surface area (Å²) in [6.07, 6.45) is 0. The van der Waals surface area contributed by atoms with E-state index in [2.05, 4.69) is 32.6 Å². The fourth-order valence-electron chi connectivity index (χ4n) is 1.54. The Morgan fingerprint density at radius 3 is 2.40 bits per heavy atom. The highest BCUT2D eigenvalue weighted by Crippen LogP contribution is 2.32. The molecule has 0 aliphatic rings. The lowest BCUT2D eigenvalue weighted by Crippen LogP contribution is -2.17. The minimum absolute atomic E-state index is 0.181. The number of hydrogen-bond donors (Lipinski definition) is 0. The second-order valence-corrected chi connectivity index (χ2v) is 7.07. The maximum absolute atomic E-state index is 6.20. The molecule has 0 aliphatic heterocycles. The fraction of sp³-hybridized carbons (Fsp3) is 0.333. The van der Waals surface area contributed by atoms with E-state index in [1.54, 1.807) is 0 Å². The molecular formula is C15H16ClIN2O. The Balaban J connectivity index is 2.46. The molecule has 106 valence electrons. The molecule has 2 rings (SSSR count). The molecule has 0 N–H and O–H groups in total. The van der Waals surface area contributed by atoms with E-state index in [1.165, 1.54) is 0 Å². The second kappa shape index (κ2) is 5.85. The standard InChI is InChI=1S/C15H16ClIN2O/c1-9-12(16)18-14(15(2,3)4)19-13(9)20-11-8-6-5-7-10(11)17/h5-8H,1-4H3. The van der Waals surface area contributed by atoms with E-state index in [9.17, 15) is 0 Å². The van der Waals surface area contributed by atoms with Gasteiger partial charge in [-0.15, -0.1) is 0 Å². The van der Waals surface area contributed by atoms with Gasteiger partial charge in [-0.25, -0.2) is 4.98 Å². The monoisotopic (exact) mass is 402 g/mol. The first-order valence-corrected chi connectivity index (χ1v) is 7.71. The second-order valence-electron chi connectivity index (χ2n) is 5.55. The zero-order valence-electron chi connectivity index (χ0n) is 11.9. The van der Waals surface area contributed by atoms with E-state index in [-0.39, 0.29) is 5.41 Å². The van der Waals surface area contributed by atoms with Gasteiger partial charge in [-0.2, -0.15) is 4.98 Å². The summed E-state index contributed by atoms with van der Waals surface area (Å²) in [5.41, 5.74) is 0.568. The minimum Gasteiger partial charge on any atom is -0.437 e. The molecule has 20 heavy (non-hydrogen) atoms. The van der Waals surface area contributed by atoms with Crippen LogP contribution in [0.3, 0.4) is 0 Å². The van der Waals surface area contributed by atoms with Crippen molar-refractivity contribution in [1.29, 1.82) is 0 Å². The molecule has 0 radical (unpaired) electrons. The van der Waals surface area contributed by atoms with Gasteiger partial charge in [-0.1, -0.05) is 44.5 Å². The molecule has 0 amide bonds. The third-order valence-corrected chi connectivity index (χ3v) is 4.02. The summed E-state index contributed by atoms with van der Waals surface area (Å²) in [6.45, 7) is 8.00. The average Bonchev–Trinajstić information content (AvgIpc) is 2.36. The molecular weight excluding hydrogens is 387 g/mol. The Morgan fingerprint density at radius 1 is 1.15 bits per heavy atom. The topological polar surface area (TPSA) is 35.0 Å². The molecule has 1 aromatic heterocycles. The normalized spacial score (nSPS) is 11.5.